The Morgan fingerprint density at radius 1 is 1.37 bits per heavy atom. The largest absolute Gasteiger partial charge is 0.493 e. The fourth-order valence-corrected chi connectivity index (χ4v) is 2.33. The highest BCUT2D eigenvalue weighted by Crippen LogP contribution is 2.44. The van der Waals surface area contributed by atoms with Gasteiger partial charge < -0.3 is 24.6 Å². The van der Waals surface area contributed by atoms with E-state index in [1.165, 1.54) is 0 Å². The third kappa shape index (κ3) is 2.48. The van der Waals surface area contributed by atoms with Gasteiger partial charge in [0.1, 0.15) is 0 Å². The quantitative estimate of drug-likeness (QED) is 0.811. The summed E-state index contributed by atoms with van der Waals surface area (Å²) in [5, 5.41) is 12.7. The van der Waals surface area contributed by atoms with Gasteiger partial charge in [-0.15, -0.1) is 0 Å². The van der Waals surface area contributed by atoms with Crippen LogP contribution in [0.3, 0.4) is 0 Å². The van der Waals surface area contributed by atoms with Gasteiger partial charge in [0.05, 0.1) is 7.11 Å². The van der Waals surface area contributed by atoms with Crippen LogP contribution in [0.2, 0.25) is 0 Å². The van der Waals surface area contributed by atoms with Crippen molar-refractivity contribution in [3.8, 4) is 17.2 Å². The van der Waals surface area contributed by atoms with E-state index in [1.807, 2.05) is 12.1 Å². The van der Waals surface area contributed by atoms with Crippen molar-refractivity contribution < 1.29 is 19.3 Å². The summed E-state index contributed by atoms with van der Waals surface area (Å²) in [6.45, 7) is 2.09. The molecule has 0 spiro atoms. The van der Waals surface area contributed by atoms with Gasteiger partial charge in [0.25, 0.3) is 0 Å². The molecule has 5 nitrogen and oxygen atoms in total. The van der Waals surface area contributed by atoms with E-state index < -0.39 is 0 Å². The molecule has 1 saturated carbocycles. The fourth-order valence-electron chi connectivity index (χ4n) is 2.33. The summed E-state index contributed by atoms with van der Waals surface area (Å²) < 4.78 is 16.1. The molecule has 1 fully saturated rings. The van der Waals surface area contributed by atoms with Crippen molar-refractivity contribution in [3.05, 3.63) is 17.7 Å². The minimum absolute atomic E-state index is 0.125. The average Bonchev–Trinajstić information content (AvgIpc) is 3.06. The first-order valence-electron chi connectivity index (χ1n) is 6.54. The highest BCUT2D eigenvalue weighted by atomic mass is 16.7. The van der Waals surface area contributed by atoms with Crippen LogP contribution in [-0.4, -0.2) is 32.2 Å². The number of methoxy groups -OCH3 is 1. The van der Waals surface area contributed by atoms with Gasteiger partial charge in [-0.1, -0.05) is 0 Å². The fraction of sp³-hybridized carbons (Fsp3) is 0.571. The molecule has 1 heterocycles. The first-order chi connectivity index (χ1) is 9.26. The Labute approximate surface area is 112 Å². The predicted octanol–water partition coefficient (Wildman–Crippen LogP) is 1.29. The van der Waals surface area contributed by atoms with E-state index >= 15 is 0 Å². The van der Waals surface area contributed by atoms with Gasteiger partial charge in [-0.2, -0.15) is 0 Å². The molecule has 0 radical (unpaired) electrons. The number of aliphatic hydroxyl groups is 1. The van der Waals surface area contributed by atoms with Crippen molar-refractivity contribution in [1.29, 1.82) is 0 Å². The standard InChI is InChI=1S/C14H19NO4/c1-17-11-4-10(5-12-13(11)19-9-18-12)6-15-7-14(8-16)2-3-14/h4-5,15-16H,2-3,6-9H2,1H3. The summed E-state index contributed by atoms with van der Waals surface area (Å²) >= 11 is 0. The third-order valence-electron chi connectivity index (χ3n) is 3.84. The maximum absolute atomic E-state index is 9.27. The molecule has 2 N–H and O–H groups in total. The molecule has 0 saturated heterocycles. The Hall–Kier alpha value is -1.46. The molecule has 19 heavy (non-hydrogen) atoms. The highest BCUT2D eigenvalue weighted by molar-refractivity contribution is 5.55. The predicted molar refractivity (Wildman–Crippen MR) is 69.6 cm³/mol. The van der Waals surface area contributed by atoms with Gasteiger partial charge in [0.2, 0.25) is 12.5 Å². The average molecular weight is 265 g/mol. The number of benzene rings is 1. The molecular formula is C14H19NO4. The monoisotopic (exact) mass is 265 g/mol. The molecule has 104 valence electrons. The van der Waals surface area contributed by atoms with Gasteiger partial charge >= 0.3 is 0 Å². The molecule has 1 aliphatic carbocycles. The number of hydrogen-bond donors (Lipinski definition) is 2. The second-order valence-corrected chi connectivity index (χ2v) is 5.29. The van der Waals surface area contributed by atoms with Gasteiger partial charge in [-0.3, -0.25) is 0 Å². The molecule has 0 bridgehead atoms. The molecule has 0 amide bonds. The lowest BCUT2D eigenvalue weighted by Gasteiger charge is -2.13. The first kappa shape index (κ1) is 12.6. The zero-order valence-corrected chi connectivity index (χ0v) is 11.1. The first-order valence-corrected chi connectivity index (χ1v) is 6.54. The zero-order valence-electron chi connectivity index (χ0n) is 11.1. The molecule has 1 aromatic rings. The molecule has 1 aliphatic heterocycles. The minimum Gasteiger partial charge on any atom is -0.493 e. The van der Waals surface area contributed by atoms with Gasteiger partial charge in [-0.05, 0) is 30.5 Å². The van der Waals surface area contributed by atoms with E-state index in [0.29, 0.717) is 11.5 Å². The van der Waals surface area contributed by atoms with Crippen molar-refractivity contribution in [2.24, 2.45) is 5.41 Å². The van der Waals surface area contributed by atoms with E-state index in [0.717, 1.165) is 37.2 Å². The number of nitrogens with one attached hydrogen (secondary N) is 1. The number of ether oxygens (including phenoxy) is 3. The minimum atomic E-state index is 0.125. The van der Waals surface area contributed by atoms with E-state index in [4.69, 9.17) is 14.2 Å². The smallest absolute Gasteiger partial charge is 0.231 e. The van der Waals surface area contributed by atoms with Crippen molar-refractivity contribution in [2.45, 2.75) is 19.4 Å². The van der Waals surface area contributed by atoms with Crippen LogP contribution >= 0.6 is 0 Å². The van der Waals surface area contributed by atoms with Crippen LogP contribution < -0.4 is 19.5 Å². The molecule has 3 rings (SSSR count). The Morgan fingerprint density at radius 2 is 2.21 bits per heavy atom. The highest BCUT2D eigenvalue weighted by Gasteiger charge is 2.41. The number of hydrogen-bond acceptors (Lipinski definition) is 5. The molecular weight excluding hydrogens is 246 g/mol. The Morgan fingerprint density at radius 3 is 2.89 bits per heavy atom. The maximum atomic E-state index is 9.27. The lowest BCUT2D eigenvalue weighted by molar-refractivity contribution is 0.171. The van der Waals surface area contributed by atoms with E-state index in [1.54, 1.807) is 7.11 Å². The molecule has 1 aromatic carbocycles. The van der Waals surface area contributed by atoms with Crippen LogP contribution in [0.1, 0.15) is 18.4 Å². The van der Waals surface area contributed by atoms with Gasteiger partial charge in [-0.25, -0.2) is 0 Å². The van der Waals surface area contributed by atoms with Crippen LogP contribution in [0.25, 0.3) is 0 Å². The van der Waals surface area contributed by atoms with Crippen molar-refractivity contribution >= 4 is 0 Å². The number of fused-ring (bicyclic) bond motifs is 1. The summed E-state index contributed by atoms with van der Waals surface area (Å²) in [5.41, 5.74) is 1.22. The van der Waals surface area contributed by atoms with Crippen molar-refractivity contribution in [3.63, 3.8) is 0 Å². The topological polar surface area (TPSA) is 60.0 Å². The maximum Gasteiger partial charge on any atom is 0.231 e. The molecule has 5 heteroatoms. The van der Waals surface area contributed by atoms with Crippen LogP contribution in [0, 0.1) is 5.41 Å². The summed E-state index contributed by atoms with van der Waals surface area (Å²) in [6.07, 6.45) is 2.22. The van der Waals surface area contributed by atoms with Crippen LogP contribution in [0.4, 0.5) is 0 Å². The van der Waals surface area contributed by atoms with Crippen LogP contribution in [0.15, 0.2) is 12.1 Å². The molecule has 2 aliphatic rings. The second kappa shape index (κ2) is 4.90. The SMILES string of the molecule is COc1cc(CNCC2(CO)CC2)cc2c1OCO2. The summed E-state index contributed by atoms with van der Waals surface area (Å²) in [7, 11) is 1.62. The normalized spacial score (nSPS) is 18.4. The third-order valence-corrected chi connectivity index (χ3v) is 3.84. The summed E-state index contributed by atoms with van der Waals surface area (Å²) in [6, 6.07) is 3.93. The van der Waals surface area contributed by atoms with E-state index in [-0.39, 0.29) is 18.8 Å². The molecule has 0 aromatic heterocycles. The van der Waals surface area contributed by atoms with Crippen molar-refractivity contribution in [1.82, 2.24) is 5.32 Å². The lowest BCUT2D eigenvalue weighted by Crippen LogP contribution is -2.26. The van der Waals surface area contributed by atoms with Crippen LogP contribution in [0.5, 0.6) is 17.2 Å². The van der Waals surface area contributed by atoms with Gasteiger partial charge in [0.15, 0.2) is 11.5 Å². The Bertz CT molecular complexity index is 471. The Kier molecular flexibility index (Phi) is 3.24. The van der Waals surface area contributed by atoms with Gasteiger partial charge in [0, 0.05) is 25.1 Å². The Balaban J connectivity index is 1.65. The van der Waals surface area contributed by atoms with Crippen molar-refractivity contribution in [2.75, 3.05) is 27.1 Å². The van der Waals surface area contributed by atoms with Crippen LogP contribution in [-0.2, 0) is 6.54 Å². The number of rotatable bonds is 6. The zero-order chi connectivity index (χ0) is 13.3. The molecule has 0 unspecified atom stereocenters. The summed E-state index contributed by atoms with van der Waals surface area (Å²) in [5.74, 6) is 2.12. The number of aliphatic hydroxyl groups excluding tert-OH is 1. The lowest BCUT2D eigenvalue weighted by atomic mass is 10.1. The second-order valence-electron chi connectivity index (χ2n) is 5.29. The van der Waals surface area contributed by atoms with E-state index in [9.17, 15) is 5.11 Å². The summed E-state index contributed by atoms with van der Waals surface area (Å²) in [4.78, 5) is 0. The van der Waals surface area contributed by atoms with E-state index in [2.05, 4.69) is 5.32 Å². The molecule has 0 atom stereocenters.